The number of hydrogen-bond donors (Lipinski definition) is 0. The van der Waals surface area contributed by atoms with E-state index in [1.54, 1.807) is 41.3 Å². The Bertz CT molecular complexity index is 1290. The van der Waals surface area contributed by atoms with Crippen molar-refractivity contribution in [3.05, 3.63) is 101 Å². The van der Waals surface area contributed by atoms with Crippen LogP contribution < -0.4 is 14.4 Å². The molecule has 0 aromatic heterocycles. The zero-order chi connectivity index (χ0) is 23.7. The largest absolute Gasteiger partial charge is 0.493 e. The molecule has 0 radical (unpaired) electrons. The molecule has 34 heavy (non-hydrogen) atoms. The highest BCUT2D eigenvalue weighted by molar-refractivity contribution is 6.06. The zero-order valence-electron chi connectivity index (χ0n) is 18.5. The van der Waals surface area contributed by atoms with Gasteiger partial charge in [0.2, 0.25) is 5.91 Å². The van der Waals surface area contributed by atoms with Crippen molar-refractivity contribution >= 4 is 17.6 Å². The normalized spacial score (nSPS) is 17.5. The van der Waals surface area contributed by atoms with E-state index >= 15 is 0 Å². The minimum absolute atomic E-state index is 0.0396. The van der Waals surface area contributed by atoms with Crippen LogP contribution in [0.2, 0.25) is 0 Å². The molecule has 1 atom stereocenters. The summed E-state index contributed by atoms with van der Waals surface area (Å²) in [7, 11) is 1.51. The number of esters is 1. The van der Waals surface area contributed by atoms with E-state index in [2.05, 4.69) is 0 Å². The Morgan fingerprint density at radius 1 is 1.00 bits per heavy atom. The summed E-state index contributed by atoms with van der Waals surface area (Å²) in [5.41, 5.74) is 2.91. The Morgan fingerprint density at radius 2 is 1.76 bits per heavy atom. The minimum Gasteiger partial charge on any atom is -0.493 e. The molecule has 0 saturated heterocycles. The summed E-state index contributed by atoms with van der Waals surface area (Å²) < 4.78 is 30.6. The average Bonchev–Trinajstić information content (AvgIpc) is 3.24. The molecule has 172 valence electrons. The number of cyclic esters (lactones) is 1. The lowest BCUT2D eigenvalue weighted by atomic mass is 9.84. The van der Waals surface area contributed by atoms with Gasteiger partial charge in [0.25, 0.3) is 0 Å². The first-order chi connectivity index (χ1) is 16.6. The van der Waals surface area contributed by atoms with E-state index in [0.717, 1.165) is 5.56 Å². The molecule has 5 rings (SSSR count). The van der Waals surface area contributed by atoms with Gasteiger partial charge in [-0.05, 0) is 35.9 Å². The molecule has 0 saturated carbocycles. The van der Waals surface area contributed by atoms with Gasteiger partial charge in [-0.2, -0.15) is 0 Å². The monoisotopic (exact) mass is 459 g/mol. The molecule has 2 heterocycles. The fourth-order valence-corrected chi connectivity index (χ4v) is 4.41. The first-order valence-electron chi connectivity index (χ1n) is 10.9. The Balaban J connectivity index is 1.46. The van der Waals surface area contributed by atoms with Crippen molar-refractivity contribution in [2.45, 2.75) is 18.9 Å². The van der Waals surface area contributed by atoms with E-state index in [9.17, 15) is 14.0 Å². The number of rotatable bonds is 6. The molecule has 0 aliphatic carbocycles. The van der Waals surface area contributed by atoms with Gasteiger partial charge in [-0.3, -0.25) is 9.69 Å². The van der Waals surface area contributed by atoms with Crippen molar-refractivity contribution in [1.82, 2.24) is 0 Å². The number of carbonyl (C=O) groups excluding carboxylic acids is 2. The molecule has 0 bridgehead atoms. The van der Waals surface area contributed by atoms with E-state index in [4.69, 9.17) is 14.2 Å². The number of halogens is 1. The first kappa shape index (κ1) is 21.7. The lowest BCUT2D eigenvalue weighted by Gasteiger charge is -2.32. The summed E-state index contributed by atoms with van der Waals surface area (Å²) in [6, 6.07) is 20.9. The smallest absolute Gasteiger partial charge is 0.336 e. The Morgan fingerprint density at radius 3 is 2.53 bits per heavy atom. The van der Waals surface area contributed by atoms with Crippen molar-refractivity contribution in [2.24, 2.45) is 0 Å². The summed E-state index contributed by atoms with van der Waals surface area (Å²) in [5.74, 6) is -0.488. The lowest BCUT2D eigenvalue weighted by Crippen LogP contribution is -2.37. The Labute approximate surface area is 196 Å². The molecule has 1 unspecified atom stereocenters. The van der Waals surface area contributed by atoms with Crippen LogP contribution in [0.3, 0.4) is 0 Å². The number of methoxy groups -OCH3 is 1. The predicted molar refractivity (Wildman–Crippen MR) is 123 cm³/mol. The lowest BCUT2D eigenvalue weighted by molar-refractivity contribution is -0.136. The SMILES string of the molecule is COc1cc(C2CC(=O)N(c3ccccc3)C3=C2C(=O)OC3)ccc1OCc1ccccc1F. The van der Waals surface area contributed by atoms with Gasteiger partial charge < -0.3 is 14.2 Å². The van der Waals surface area contributed by atoms with E-state index in [1.807, 2.05) is 30.3 Å². The molecule has 0 fully saturated rings. The van der Waals surface area contributed by atoms with Crippen LogP contribution in [0.15, 0.2) is 84.1 Å². The van der Waals surface area contributed by atoms with E-state index in [-0.39, 0.29) is 31.4 Å². The number of benzene rings is 3. The molecule has 3 aromatic rings. The minimum atomic E-state index is -0.466. The molecule has 2 aliphatic heterocycles. The van der Waals surface area contributed by atoms with Crippen molar-refractivity contribution in [3.8, 4) is 11.5 Å². The summed E-state index contributed by atoms with van der Waals surface area (Å²) in [4.78, 5) is 27.4. The van der Waals surface area contributed by atoms with Crippen molar-refractivity contribution < 1.29 is 28.2 Å². The molecule has 0 N–H and O–H groups in total. The number of amides is 1. The van der Waals surface area contributed by atoms with Crippen LogP contribution >= 0.6 is 0 Å². The molecular formula is C27H22FNO5. The fraction of sp³-hybridized carbons (Fsp3) is 0.185. The van der Waals surface area contributed by atoms with Crippen LogP contribution in [-0.2, 0) is 20.9 Å². The van der Waals surface area contributed by atoms with E-state index < -0.39 is 11.9 Å². The number of para-hydroxylation sites is 1. The van der Waals surface area contributed by atoms with E-state index in [1.165, 1.54) is 13.2 Å². The number of hydrogen-bond acceptors (Lipinski definition) is 5. The second-order valence-corrected chi connectivity index (χ2v) is 8.05. The van der Waals surface area contributed by atoms with Gasteiger partial charge in [0.15, 0.2) is 11.5 Å². The topological polar surface area (TPSA) is 65.1 Å². The molecule has 1 amide bonds. The van der Waals surface area contributed by atoms with Crippen LogP contribution in [0.1, 0.15) is 23.5 Å². The van der Waals surface area contributed by atoms with Crippen molar-refractivity contribution in [2.75, 3.05) is 18.6 Å². The van der Waals surface area contributed by atoms with Crippen molar-refractivity contribution in [3.63, 3.8) is 0 Å². The third-order valence-electron chi connectivity index (χ3n) is 6.06. The van der Waals surface area contributed by atoms with Gasteiger partial charge in [-0.15, -0.1) is 0 Å². The molecule has 7 heteroatoms. The molecule has 6 nitrogen and oxygen atoms in total. The second-order valence-electron chi connectivity index (χ2n) is 8.05. The first-order valence-corrected chi connectivity index (χ1v) is 10.9. The summed E-state index contributed by atoms with van der Waals surface area (Å²) in [6.07, 6.45) is 0.113. The number of nitrogens with zero attached hydrogens (tertiary/aromatic N) is 1. The average molecular weight is 459 g/mol. The van der Waals surface area contributed by atoms with Gasteiger partial charge in [-0.25, -0.2) is 9.18 Å². The second kappa shape index (κ2) is 9.02. The van der Waals surface area contributed by atoms with Crippen LogP contribution in [0, 0.1) is 5.82 Å². The quantitative estimate of drug-likeness (QED) is 0.498. The highest BCUT2D eigenvalue weighted by Gasteiger charge is 2.43. The molecule has 2 aliphatic rings. The third kappa shape index (κ3) is 3.90. The summed E-state index contributed by atoms with van der Waals surface area (Å²) >= 11 is 0. The molecular weight excluding hydrogens is 437 g/mol. The van der Waals surface area contributed by atoms with Crippen LogP contribution in [0.5, 0.6) is 11.5 Å². The highest BCUT2D eigenvalue weighted by atomic mass is 19.1. The van der Waals surface area contributed by atoms with Crippen LogP contribution in [0.4, 0.5) is 10.1 Å². The number of ether oxygens (including phenoxy) is 3. The number of carbonyl (C=O) groups is 2. The zero-order valence-corrected chi connectivity index (χ0v) is 18.5. The maximum atomic E-state index is 13.9. The number of anilines is 1. The van der Waals surface area contributed by atoms with Gasteiger partial charge >= 0.3 is 5.97 Å². The third-order valence-corrected chi connectivity index (χ3v) is 6.06. The highest BCUT2D eigenvalue weighted by Crippen LogP contribution is 2.43. The fourth-order valence-electron chi connectivity index (χ4n) is 4.41. The molecule has 3 aromatic carbocycles. The standard InChI is InChI=1S/C27H22FNO5/c1-32-24-13-17(11-12-23(24)33-15-18-7-5-6-10-21(18)28)20-14-25(30)29(19-8-3-2-4-9-19)22-16-34-27(31)26(20)22/h2-13,20H,14-16H2,1H3. The van der Waals surface area contributed by atoms with Gasteiger partial charge in [0.1, 0.15) is 19.0 Å². The predicted octanol–water partition coefficient (Wildman–Crippen LogP) is 4.74. The summed E-state index contributed by atoms with van der Waals surface area (Å²) in [6.45, 7) is 0.0875. The van der Waals surface area contributed by atoms with Crippen LogP contribution in [-0.4, -0.2) is 25.6 Å². The van der Waals surface area contributed by atoms with Gasteiger partial charge in [0, 0.05) is 23.6 Å². The van der Waals surface area contributed by atoms with Gasteiger partial charge in [-0.1, -0.05) is 42.5 Å². The Hall–Kier alpha value is -4.13. The Kier molecular flexibility index (Phi) is 5.76. The van der Waals surface area contributed by atoms with Crippen molar-refractivity contribution in [1.29, 1.82) is 0 Å². The van der Waals surface area contributed by atoms with E-state index in [0.29, 0.717) is 34.0 Å². The maximum absolute atomic E-state index is 13.9. The van der Waals surface area contributed by atoms with Crippen LogP contribution in [0.25, 0.3) is 0 Å². The summed E-state index contributed by atoms with van der Waals surface area (Å²) in [5, 5.41) is 0. The van der Waals surface area contributed by atoms with Gasteiger partial charge in [0.05, 0.1) is 18.4 Å². The maximum Gasteiger partial charge on any atom is 0.336 e. The molecule has 0 spiro atoms.